The van der Waals surface area contributed by atoms with Crippen LogP contribution in [-0.4, -0.2) is 39.1 Å². The third kappa shape index (κ3) is 3.59. The lowest BCUT2D eigenvalue weighted by molar-refractivity contribution is -0.147. The highest BCUT2D eigenvalue weighted by atomic mass is 32.2. The topological polar surface area (TPSA) is 57.6 Å². The smallest absolute Gasteiger partial charge is 0.327 e. The van der Waals surface area contributed by atoms with E-state index in [2.05, 4.69) is 11.8 Å². The van der Waals surface area contributed by atoms with Crippen LogP contribution in [-0.2, 0) is 9.59 Å². The lowest BCUT2D eigenvalue weighted by Gasteiger charge is -2.27. The van der Waals surface area contributed by atoms with Crippen LogP contribution in [0.1, 0.15) is 19.4 Å². The molecule has 110 valence electrons. The number of amides is 1. The summed E-state index contributed by atoms with van der Waals surface area (Å²) in [6.07, 6.45) is 0. The van der Waals surface area contributed by atoms with Crippen LogP contribution >= 0.6 is 11.8 Å². The molecular weight excluding hydrogens is 286 g/mol. The van der Waals surface area contributed by atoms with Crippen molar-refractivity contribution in [3.05, 3.63) is 35.9 Å². The summed E-state index contributed by atoms with van der Waals surface area (Å²) in [4.78, 5) is 25.0. The minimum Gasteiger partial charge on any atom is -0.480 e. The second kappa shape index (κ2) is 6.68. The van der Waals surface area contributed by atoms with Gasteiger partial charge in [-0.15, -0.1) is 11.8 Å². The van der Waals surface area contributed by atoms with E-state index in [1.165, 1.54) is 16.7 Å². The number of thioether (sulfide) groups is 1. The molecule has 0 radical (unpaired) electrons. The van der Waals surface area contributed by atoms with Gasteiger partial charge in [0.15, 0.2) is 0 Å². The average Bonchev–Trinajstić information content (AvgIpc) is 2.91. The molecule has 0 spiro atoms. The first-order valence-electron chi connectivity index (χ1n) is 6.74. The van der Waals surface area contributed by atoms with Gasteiger partial charge in [0.1, 0.15) is 6.04 Å². The Hall–Kier alpha value is -1.93. The molecule has 1 N–H and O–H groups in total. The van der Waals surface area contributed by atoms with Crippen LogP contribution in [0.15, 0.2) is 30.3 Å². The van der Waals surface area contributed by atoms with Crippen LogP contribution in [0.4, 0.5) is 0 Å². The Morgan fingerprint density at radius 1 is 1.33 bits per heavy atom. The Morgan fingerprint density at radius 2 is 2.00 bits per heavy atom. The fourth-order valence-electron chi connectivity index (χ4n) is 2.20. The van der Waals surface area contributed by atoms with Crippen LogP contribution in [0.3, 0.4) is 0 Å². The third-order valence-corrected chi connectivity index (χ3v) is 4.83. The van der Waals surface area contributed by atoms with Gasteiger partial charge in [-0.25, -0.2) is 4.79 Å². The quantitative estimate of drug-likeness (QED) is 0.850. The zero-order valence-electron chi connectivity index (χ0n) is 11.9. The molecule has 5 heteroatoms. The van der Waals surface area contributed by atoms with Crippen LogP contribution in [0.5, 0.6) is 0 Å². The Bertz CT molecular complexity index is 589. The summed E-state index contributed by atoms with van der Waals surface area (Å²) in [6.45, 7) is 3.96. The number of aliphatic carboxylic acids is 1. The molecule has 2 unspecified atom stereocenters. The van der Waals surface area contributed by atoms with Gasteiger partial charge in [-0.2, -0.15) is 0 Å². The molecule has 1 aliphatic rings. The molecule has 0 bridgehead atoms. The number of carboxylic acid groups (broad SMARTS) is 1. The maximum Gasteiger partial charge on any atom is 0.327 e. The van der Waals surface area contributed by atoms with Crippen LogP contribution in [0.2, 0.25) is 0 Å². The first-order chi connectivity index (χ1) is 10.0. The monoisotopic (exact) mass is 303 g/mol. The van der Waals surface area contributed by atoms with E-state index < -0.39 is 17.9 Å². The Morgan fingerprint density at radius 3 is 2.57 bits per heavy atom. The van der Waals surface area contributed by atoms with E-state index in [4.69, 9.17) is 0 Å². The molecule has 1 saturated heterocycles. The zero-order valence-corrected chi connectivity index (χ0v) is 12.8. The van der Waals surface area contributed by atoms with Gasteiger partial charge in [0.25, 0.3) is 0 Å². The van der Waals surface area contributed by atoms with Crippen molar-refractivity contribution in [3.8, 4) is 11.8 Å². The predicted octanol–water partition coefficient (Wildman–Crippen LogP) is 2.05. The highest BCUT2D eigenvalue weighted by Crippen LogP contribution is 2.33. The minimum atomic E-state index is -0.972. The summed E-state index contributed by atoms with van der Waals surface area (Å²) < 4.78 is 0. The molecule has 0 saturated carbocycles. The second-order valence-electron chi connectivity index (χ2n) is 5.15. The van der Waals surface area contributed by atoms with Crippen LogP contribution < -0.4 is 0 Å². The minimum absolute atomic E-state index is 0.135. The average molecular weight is 303 g/mol. The molecule has 0 aromatic heterocycles. The number of benzene rings is 1. The van der Waals surface area contributed by atoms with E-state index in [1.807, 2.05) is 44.2 Å². The van der Waals surface area contributed by atoms with Crippen molar-refractivity contribution in [3.63, 3.8) is 0 Å². The maximum atomic E-state index is 12.3. The van der Waals surface area contributed by atoms with E-state index in [1.54, 1.807) is 0 Å². The normalized spacial score (nSPS) is 21.0. The largest absolute Gasteiger partial charge is 0.480 e. The Labute approximate surface area is 128 Å². The maximum absolute atomic E-state index is 12.3. The number of carbonyl (C=O) groups is 2. The number of rotatable bonds is 2. The zero-order chi connectivity index (χ0) is 15.4. The molecule has 21 heavy (non-hydrogen) atoms. The van der Waals surface area contributed by atoms with E-state index >= 15 is 0 Å². The molecule has 1 aromatic carbocycles. The summed E-state index contributed by atoms with van der Waals surface area (Å²) >= 11 is 1.50. The van der Waals surface area contributed by atoms with Crippen molar-refractivity contribution in [1.82, 2.24) is 4.90 Å². The molecule has 2 atom stereocenters. The van der Waals surface area contributed by atoms with Gasteiger partial charge in [-0.05, 0) is 18.1 Å². The summed E-state index contributed by atoms with van der Waals surface area (Å²) in [7, 11) is 0. The van der Waals surface area contributed by atoms with Crippen molar-refractivity contribution in [1.29, 1.82) is 0 Å². The van der Waals surface area contributed by atoms with Crippen LogP contribution in [0, 0.1) is 17.8 Å². The molecule has 1 aromatic rings. The fraction of sp³-hybridized carbons (Fsp3) is 0.375. The molecule has 4 nitrogen and oxygen atoms in total. The van der Waals surface area contributed by atoms with Gasteiger partial charge in [-0.3, -0.25) is 4.79 Å². The summed E-state index contributed by atoms with van der Waals surface area (Å²) in [5.41, 5.74) is 0.741. The van der Waals surface area contributed by atoms with Gasteiger partial charge >= 0.3 is 11.9 Å². The third-order valence-electron chi connectivity index (χ3n) is 3.21. The lowest BCUT2D eigenvalue weighted by Crippen LogP contribution is -2.46. The van der Waals surface area contributed by atoms with Gasteiger partial charge in [0.05, 0.1) is 5.37 Å². The van der Waals surface area contributed by atoms with Gasteiger partial charge in [-0.1, -0.05) is 38.0 Å². The molecule has 1 fully saturated rings. The number of nitrogens with zero attached hydrogens (tertiary/aromatic N) is 1. The van der Waals surface area contributed by atoms with Crippen molar-refractivity contribution in [2.45, 2.75) is 25.3 Å². The number of carbonyl (C=O) groups excluding carboxylic acids is 1. The Kier molecular flexibility index (Phi) is 4.92. The molecule has 1 heterocycles. The van der Waals surface area contributed by atoms with E-state index in [0.717, 1.165) is 5.56 Å². The van der Waals surface area contributed by atoms with Crippen molar-refractivity contribution in [2.75, 3.05) is 5.75 Å². The molecule has 0 aliphatic carbocycles. The standard InChI is InChI=1S/C16H17NO3S/c1-11(2)15-17(13(10-21-15)16(19)20)14(18)9-8-12-6-4-3-5-7-12/h3-7,11,13,15H,10H2,1-2H3,(H,19,20). The van der Waals surface area contributed by atoms with Gasteiger partial charge in [0.2, 0.25) is 0 Å². The lowest BCUT2D eigenvalue weighted by atomic mass is 10.1. The van der Waals surface area contributed by atoms with Crippen LogP contribution in [0.25, 0.3) is 0 Å². The van der Waals surface area contributed by atoms with Crippen molar-refractivity contribution >= 4 is 23.6 Å². The number of carboxylic acids is 1. The first-order valence-corrected chi connectivity index (χ1v) is 7.79. The first kappa shape index (κ1) is 15.5. The highest BCUT2D eigenvalue weighted by Gasteiger charge is 2.42. The summed E-state index contributed by atoms with van der Waals surface area (Å²) in [5, 5.41) is 9.13. The van der Waals surface area contributed by atoms with Gasteiger partial charge in [0, 0.05) is 17.2 Å². The highest BCUT2D eigenvalue weighted by molar-refractivity contribution is 8.00. The number of hydrogen-bond acceptors (Lipinski definition) is 3. The number of hydrogen-bond donors (Lipinski definition) is 1. The molecule has 2 rings (SSSR count). The van der Waals surface area contributed by atoms with Gasteiger partial charge < -0.3 is 10.0 Å². The second-order valence-corrected chi connectivity index (χ2v) is 6.30. The van der Waals surface area contributed by atoms with Crippen molar-refractivity contribution in [2.24, 2.45) is 5.92 Å². The molecular formula is C16H17NO3S. The summed E-state index contributed by atoms with van der Waals surface area (Å²) in [5.74, 6) is 4.57. The molecule has 1 amide bonds. The van der Waals surface area contributed by atoms with E-state index in [9.17, 15) is 14.7 Å². The summed E-state index contributed by atoms with van der Waals surface area (Å²) in [6, 6.07) is 8.40. The SMILES string of the molecule is CC(C)C1SCC(C(=O)O)N1C(=O)C#Cc1ccccc1. The van der Waals surface area contributed by atoms with E-state index in [-0.39, 0.29) is 11.3 Å². The van der Waals surface area contributed by atoms with Crippen molar-refractivity contribution < 1.29 is 14.7 Å². The molecule has 1 aliphatic heterocycles. The fourth-order valence-corrected chi connectivity index (χ4v) is 3.67. The Balaban J connectivity index is 2.22. The van der Waals surface area contributed by atoms with E-state index in [0.29, 0.717) is 5.75 Å². The predicted molar refractivity (Wildman–Crippen MR) is 82.7 cm³/mol.